The molecule has 0 fully saturated rings. The lowest BCUT2D eigenvalue weighted by atomic mass is 9.95. The summed E-state index contributed by atoms with van der Waals surface area (Å²) in [6.07, 6.45) is 0.383. The highest BCUT2D eigenvalue weighted by Crippen LogP contribution is 2.26. The largest absolute Gasteiger partial charge is 0.419 e. The number of rotatable bonds is 4. The van der Waals surface area contributed by atoms with Gasteiger partial charge in [-0.2, -0.15) is 0 Å². The maximum atomic E-state index is 11.6. The van der Waals surface area contributed by atoms with Gasteiger partial charge in [0.25, 0.3) is 0 Å². The Morgan fingerprint density at radius 1 is 1.39 bits per heavy atom. The molecule has 4 nitrogen and oxygen atoms in total. The van der Waals surface area contributed by atoms with Crippen LogP contribution < -0.4 is 5.76 Å². The number of aromatic nitrogens is 1. The Balaban J connectivity index is 2.48. The van der Waals surface area contributed by atoms with Crippen LogP contribution in [0.3, 0.4) is 0 Å². The fourth-order valence-corrected chi connectivity index (χ4v) is 2.12. The standard InChI is InChI=1S/C14H19NO3/c1-4-9(3)13(16)10-6-7-11-12(8-10)18-14(17)15(11)5-2/h6-9,13,16H,4-5H2,1-3H3. The third-order valence-corrected chi connectivity index (χ3v) is 3.53. The molecule has 0 aliphatic heterocycles. The van der Waals surface area contributed by atoms with Gasteiger partial charge >= 0.3 is 5.76 Å². The quantitative estimate of drug-likeness (QED) is 0.906. The normalized spacial score (nSPS) is 14.9. The summed E-state index contributed by atoms with van der Waals surface area (Å²) < 4.78 is 6.77. The molecule has 2 atom stereocenters. The zero-order valence-corrected chi connectivity index (χ0v) is 11.0. The lowest BCUT2D eigenvalue weighted by molar-refractivity contribution is 0.115. The van der Waals surface area contributed by atoms with E-state index < -0.39 is 6.10 Å². The van der Waals surface area contributed by atoms with Crippen LogP contribution in [0.15, 0.2) is 27.4 Å². The summed E-state index contributed by atoms with van der Waals surface area (Å²) in [7, 11) is 0. The minimum absolute atomic E-state index is 0.183. The Morgan fingerprint density at radius 3 is 2.72 bits per heavy atom. The molecular weight excluding hydrogens is 230 g/mol. The van der Waals surface area contributed by atoms with E-state index in [1.165, 1.54) is 0 Å². The van der Waals surface area contributed by atoms with Crippen LogP contribution in [0.5, 0.6) is 0 Å². The average Bonchev–Trinajstić information content (AvgIpc) is 2.70. The van der Waals surface area contributed by atoms with Crippen molar-refractivity contribution < 1.29 is 9.52 Å². The van der Waals surface area contributed by atoms with Gasteiger partial charge in [0.2, 0.25) is 0 Å². The first-order valence-corrected chi connectivity index (χ1v) is 6.39. The van der Waals surface area contributed by atoms with E-state index in [1.807, 2.05) is 32.9 Å². The number of oxazole rings is 1. The third-order valence-electron chi connectivity index (χ3n) is 3.53. The lowest BCUT2D eigenvalue weighted by Gasteiger charge is -2.17. The summed E-state index contributed by atoms with van der Waals surface area (Å²) in [6.45, 7) is 6.53. The van der Waals surface area contributed by atoms with Crippen LogP contribution in [0.1, 0.15) is 38.9 Å². The molecule has 1 heterocycles. The van der Waals surface area contributed by atoms with E-state index >= 15 is 0 Å². The number of nitrogens with zero attached hydrogens (tertiary/aromatic N) is 1. The van der Waals surface area contributed by atoms with Crippen molar-refractivity contribution in [1.82, 2.24) is 4.57 Å². The van der Waals surface area contributed by atoms with Crippen LogP contribution in [0.4, 0.5) is 0 Å². The first-order valence-electron chi connectivity index (χ1n) is 6.39. The monoisotopic (exact) mass is 249 g/mol. The van der Waals surface area contributed by atoms with Crippen molar-refractivity contribution >= 4 is 11.1 Å². The van der Waals surface area contributed by atoms with Gasteiger partial charge in [0.15, 0.2) is 5.58 Å². The Morgan fingerprint density at radius 2 is 2.11 bits per heavy atom. The van der Waals surface area contributed by atoms with Gasteiger partial charge in [0.05, 0.1) is 11.6 Å². The van der Waals surface area contributed by atoms with Crippen molar-refractivity contribution in [2.75, 3.05) is 0 Å². The van der Waals surface area contributed by atoms with Gasteiger partial charge in [-0.3, -0.25) is 4.57 Å². The highest BCUT2D eigenvalue weighted by Gasteiger charge is 2.16. The van der Waals surface area contributed by atoms with Crippen molar-refractivity contribution in [3.8, 4) is 0 Å². The molecule has 1 aromatic carbocycles. The maximum absolute atomic E-state index is 11.6. The zero-order valence-electron chi connectivity index (χ0n) is 11.0. The molecule has 98 valence electrons. The van der Waals surface area contributed by atoms with Crippen LogP contribution in [-0.2, 0) is 6.54 Å². The second kappa shape index (κ2) is 4.98. The van der Waals surface area contributed by atoms with Gasteiger partial charge < -0.3 is 9.52 Å². The average molecular weight is 249 g/mol. The van der Waals surface area contributed by atoms with Gasteiger partial charge in [0.1, 0.15) is 0 Å². The van der Waals surface area contributed by atoms with E-state index in [0.717, 1.165) is 17.5 Å². The Bertz CT molecular complexity index is 597. The second-order valence-electron chi connectivity index (χ2n) is 4.67. The predicted molar refractivity (Wildman–Crippen MR) is 70.6 cm³/mol. The summed E-state index contributed by atoms with van der Waals surface area (Å²) in [5, 5.41) is 10.2. The molecule has 0 amide bonds. The molecule has 2 rings (SSSR count). The molecule has 4 heteroatoms. The highest BCUT2D eigenvalue weighted by atomic mass is 16.4. The van der Waals surface area contributed by atoms with E-state index in [9.17, 15) is 9.90 Å². The molecule has 0 aliphatic rings. The SMILES string of the molecule is CCC(C)C(O)c1ccc2c(c1)oc(=O)n2CC. The van der Waals surface area contributed by atoms with Crippen LogP contribution in [0.2, 0.25) is 0 Å². The van der Waals surface area contributed by atoms with E-state index in [0.29, 0.717) is 12.1 Å². The molecule has 2 unspecified atom stereocenters. The maximum Gasteiger partial charge on any atom is 0.419 e. The number of aliphatic hydroxyl groups is 1. The Kier molecular flexibility index (Phi) is 3.57. The van der Waals surface area contributed by atoms with E-state index in [-0.39, 0.29) is 11.7 Å². The minimum atomic E-state index is -0.519. The fraction of sp³-hybridized carbons (Fsp3) is 0.500. The molecule has 2 aromatic rings. The topological polar surface area (TPSA) is 55.4 Å². The number of hydrogen-bond donors (Lipinski definition) is 1. The molecule has 0 radical (unpaired) electrons. The van der Waals surface area contributed by atoms with Gasteiger partial charge in [-0.1, -0.05) is 26.3 Å². The van der Waals surface area contributed by atoms with Crippen molar-refractivity contribution in [1.29, 1.82) is 0 Å². The summed E-state index contributed by atoms with van der Waals surface area (Å²) in [4.78, 5) is 11.6. The second-order valence-corrected chi connectivity index (χ2v) is 4.67. The number of aryl methyl sites for hydroxylation is 1. The van der Waals surface area contributed by atoms with Crippen molar-refractivity contribution in [2.24, 2.45) is 5.92 Å². The molecule has 1 N–H and O–H groups in total. The number of benzene rings is 1. The molecule has 0 bridgehead atoms. The molecule has 0 saturated carbocycles. The zero-order chi connectivity index (χ0) is 13.3. The first-order chi connectivity index (χ1) is 8.58. The minimum Gasteiger partial charge on any atom is -0.408 e. The van der Waals surface area contributed by atoms with E-state index in [1.54, 1.807) is 10.6 Å². The van der Waals surface area contributed by atoms with Crippen molar-refractivity contribution in [3.05, 3.63) is 34.3 Å². The summed E-state index contributed by atoms with van der Waals surface area (Å²) in [6, 6.07) is 5.46. The number of fused-ring (bicyclic) bond motifs is 1. The third kappa shape index (κ3) is 2.08. The number of hydrogen-bond acceptors (Lipinski definition) is 3. The molecule has 18 heavy (non-hydrogen) atoms. The van der Waals surface area contributed by atoms with Crippen LogP contribution in [0, 0.1) is 5.92 Å². The van der Waals surface area contributed by atoms with Crippen LogP contribution >= 0.6 is 0 Å². The molecule has 0 aliphatic carbocycles. The van der Waals surface area contributed by atoms with Gasteiger partial charge in [0, 0.05) is 6.54 Å². The van der Waals surface area contributed by atoms with Gasteiger partial charge in [-0.05, 0) is 30.5 Å². The smallest absolute Gasteiger partial charge is 0.408 e. The number of aliphatic hydroxyl groups excluding tert-OH is 1. The van der Waals surface area contributed by atoms with Crippen LogP contribution in [0.25, 0.3) is 11.1 Å². The fourth-order valence-electron chi connectivity index (χ4n) is 2.12. The Labute approximate surface area is 106 Å². The van der Waals surface area contributed by atoms with Crippen LogP contribution in [-0.4, -0.2) is 9.67 Å². The molecule has 0 spiro atoms. The van der Waals surface area contributed by atoms with Gasteiger partial charge in [-0.15, -0.1) is 0 Å². The Hall–Kier alpha value is -1.55. The summed E-state index contributed by atoms with van der Waals surface area (Å²) in [5.74, 6) is -0.162. The summed E-state index contributed by atoms with van der Waals surface area (Å²) >= 11 is 0. The van der Waals surface area contributed by atoms with E-state index in [4.69, 9.17) is 4.42 Å². The molecule has 0 saturated heterocycles. The van der Waals surface area contributed by atoms with Crippen molar-refractivity contribution in [3.63, 3.8) is 0 Å². The first kappa shape index (κ1) is 12.9. The highest BCUT2D eigenvalue weighted by molar-refractivity contribution is 5.73. The predicted octanol–water partition coefficient (Wildman–Crippen LogP) is 2.69. The lowest BCUT2D eigenvalue weighted by Crippen LogP contribution is -2.12. The molecule has 1 aromatic heterocycles. The molecular formula is C14H19NO3. The van der Waals surface area contributed by atoms with Gasteiger partial charge in [-0.25, -0.2) is 4.79 Å². The summed E-state index contributed by atoms with van der Waals surface area (Å²) in [5.41, 5.74) is 2.12. The van der Waals surface area contributed by atoms with Crippen molar-refractivity contribution in [2.45, 2.75) is 39.8 Å². The van der Waals surface area contributed by atoms with E-state index in [2.05, 4.69) is 0 Å².